The van der Waals surface area contributed by atoms with Crippen molar-refractivity contribution in [3.05, 3.63) is 108 Å². The first kappa shape index (κ1) is 31.3. The van der Waals surface area contributed by atoms with Gasteiger partial charge in [0.25, 0.3) is 10.0 Å². The molecular formula is C32H32N6O6S. The van der Waals surface area contributed by atoms with Gasteiger partial charge in [-0.05, 0) is 60.5 Å². The van der Waals surface area contributed by atoms with Gasteiger partial charge in [0, 0.05) is 17.4 Å². The highest BCUT2D eigenvalue weighted by Gasteiger charge is 2.20. The Morgan fingerprint density at radius 2 is 1.58 bits per heavy atom. The maximum absolute atomic E-state index is 13.5. The van der Waals surface area contributed by atoms with Gasteiger partial charge in [-0.15, -0.1) is 0 Å². The summed E-state index contributed by atoms with van der Waals surface area (Å²) in [4.78, 5) is 26.9. The molecule has 5 aromatic rings. The largest absolute Gasteiger partial charge is 0.497 e. The number of para-hydroxylation sites is 2. The molecule has 0 aliphatic carbocycles. The van der Waals surface area contributed by atoms with E-state index in [1.54, 1.807) is 48.5 Å². The number of aryl methyl sites for hydroxylation is 1. The smallest absolute Gasteiger partial charge is 0.263 e. The minimum Gasteiger partial charge on any atom is -0.497 e. The van der Waals surface area contributed by atoms with Gasteiger partial charge >= 0.3 is 0 Å². The number of aromatic nitrogens is 2. The van der Waals surface area contributed by atoms with Crippen molar-refractivity contribution in [1.82, 2.24) is 15.4 Å². The number of nitrogens with zero attached hydrogens (tertiary/aromatic N) is 2. The lowest BCUT2D eigenvalue weighted by Crippen LogP contribution is -2.28. The van der Waals surface area contributed by atoms with Gasteiger partial charge in [0.1, 0.15) is 12.3 Å². The van der Waals surface area contributed by atoms with Gasteiger partial charge in [-0.3, -0.25) is 14.4 Å². The van der Waals surface area contributed by atoms with Crippen LogP contribution in [0.25, 0.3) is 11.0 Å². The first-order valence-corrected chi connectivity index (χ1v) is 15.4. The summed E-state index contributed by atoms with van der Waals surface area (Å²) in [5.41, 5.74) is 7.08. The molecule has 0 saturated heterocycles. The van der Waals surface area contributed by atoms with Gasteiger partial charge < -0.3 is 20.5 Å². The number of anilines is 4. The Bertz CT molecular complexity index is 1900. The summed E-state index contributed by atoms with van der Waals surface area (Å²) in [6.45, 7) is 1.90. The molecule has 0 spiro atoms. The van der Waals surface area contributed by atoms with Crippen LogP contribution < -0.4 is 25.6 Å². The molecular weight excluding hydrogens is 596 g/mol. The van der Waals surface area contributed by atoms with Gasteiger partial charge in [-0.1, -0.05) is 48.0 Å². The third-order valence-electron chi connectivity index (χ3n) is 6.57. The zero-order valence-corrected chi connectivity index (χ0v) is 25.4. The number of amides is 1. The SMILES string of the molecule is COc1cc(CO)cc(Nc2nc3ccccc3nc2NS(=O)(=O)c2cccc(NC(=O)CNOCc3ccc(C)cc3)c2)c1. The lowest BCUT2D eigenvalue weighted by Gasteiger charge is -2.15. The van der Waals surface area contributed by atoms with E-state index in [0.29, 0.717) is 28.0 Å². The van der Waals surface area contributed by atoms with E-state index in [1.807, 2.05) is 31.2 Å². The highest BCUT2D eigenvalue weighted by Crippen LogP contribution is 2.30. The second-order valence-electron chi connectivity index (χ2n) is 10.0. The highest BCUT2D eigenvalue weighted by atomic mass is 32.2. The topological polar surface area (TPSA) is 164 Å². The Morgan fingerprint density at radius 3 is 2.29 bits per heavy atom. The van der Waals surface area contributed by atoms with Gasteiger partial charge in [-0.25, -0.2) is 18.4 Å². The molecule has 12 nitrogen and oxygen atoms in total. The molecule has 0 aliphatic rings. The van der Waals surface area contributed by atoms with Crippen LogP contribution in [0.3, 0.4) is 0 Å². The van der Waals surface area contributed by atoms with E-state index in [1.165, 1.54) is 25.3 Å². The molecule has 4 aromatic carbocycles. The van der Waals surface area contributed by atoms with E-state index in [-0.39, 0.29) is 42.0 Å². The van der Waals surface area contributed by atoms with Gasteiger partial charge in [0.15, 0.2) is 11.6 Å². The molecule has 1 aromatic heterocycles. The monoisotopic (exact) mass is 628 g/mol. The van der Waals surface area contributed by atoms with Crippen LogP contribution in [-0.2, 0) is 32.9 Å². The number of aliphatic hydroxyl groups excluding tert-OH is 1. The number of hydrogen-bond donors (Lipinski definition) is 5. The minimum absolute atomic E-state index is 0.0496. The van der Waals surface area contributed by atoms with Gasteiger partial charge in [-0.2, -0.15) is 5.48 Å². The fourth-order valence-corrected chi connectivity index (χ4v) is 5.36. The number of hydrogen-bond acceptors (Lipinski definition) is 10. The van der Waals surface area contributed by atoms with Crippen LogP contribution >= 0.6 is 0 Å². The average Bonchev–Trinajstić information content (AvgIpc) is 3.04. The van der Waals surface area contributed by atoms with E-state index in [2.05, 4.69) is 30.8 Å². The van der Waals surface area contributed by atoms with Crippen LogP contribution in [0.4, 0.5) is 23.0 Å². The number of benzene rings is 4. The molecule has 0 atom stereocenters. The van der Waals surface area contributed by atoms with Crippen LogP contribution in [-0.4, -0.2) is 43.1 Å². The maximum atomic E-state index is 13.5. The summed E-state index contributed by atoms with van der Waals surface area (Å²) >= 11 is 0. The molecule has 5 N–H and O–H groups in total. The Kier molecular flexibility index (Phi) is 9.85. The number of ether oxygens (including phenoxy) is 1. The van der Waals surface area contributed by atoms with Crippen molar-refractivity contribution in [2.75, 3.05) is 29.0 Å². The summed E-state index contributed by atoms with van der Waals surface area (Å²) in [6.07, 6.45) is 0. The van der Waals surface area contributed by atoms with Gasteiger partial charge in [0.2, 0.25) is 5.91 Å². The molecule has 0 fully saturated rings. The molecule has 45 heavy (non-hydrogen) atoms. The van der Waals surface area contributed by atoms with Crippen molar-refractivity contribution in [2.45, 2.75) is 25.0 Å². The van der Waals surface area contributed by atoms with Crippen LogP contribution in [0.1, 0.15) is 16.7 Å². The Balaban J connectivity index is 1.31. The van der Waals surface area contributed by atoms with E-state index in [0.717, 1.165) is 11.1 Å². The van der Waals surface area contributed by atoms with Crippen molar-refractivity contribution < 1.29 is 27.9 Å². The third kappa shape index (κ3) is 8.31. The fourth-order valence-electron chi connectivity index (χ4n) is 4.30. The number of carbonyl (C=O) groups excluding carboxylic acids is 1. The number of carbonyl (C=O) groups is 1. The molecule has 1 amide bonds. The number of fused-ring (bicyclic) bond motifs is 1. The zero-order chi connectivity index (χ0) is 31.8. The van der Waals surface area contributed by atoms with Crippen LogP contribution in [0.15, 0.2) is 95.9 Å². The number of sulfonamides is 1. The molecule has 13 heteroatoms. The lowest BCUT2D eigenvalue weighted by atomic mass is 10.2. The molecule has 5 rings (SSSR count). The van der Waals surface area contributed by atoms with E-state index < -0.39 is 15.9 Å². The summed E-state index contributed by atoms with van der Waals surface area (Å²) in [6, 6.07) is 25.7. The normalized spacial score (nSPS) is 11.3. The lowest BCUT2D eigenvalue weighted by molar-refractivity contribution is -0.118. The molecule has 0 aliphatic heterocycles. The summed E-state index contributed by atoms with van der Waals surface area (Å²) in [7, 11) is -2.68. The first-order valence-electron chi connectivity index (χ1n) is 13.9. The van der Waals surface area contributed by atoms with Crippen LogP contribution in [0, 0.1) is 6.92 Å². The van der Waals surface area contributed by atoms with Crippen molar-refractivity contribution in [1.29, 1.82) is 0 Å². The van der Waals surface area contributed by atoms with Gasteiger partial charge in [0.05, 0.1) is 36.3 Å². The Hall–Kier alpha value is -5.08. The second-order valence-corrected chi connectivity index (χ2v) is 11.7. The quantitative estimate of drug-likeness (QED) is 0.0917. The van der Waals surface area contributed by atoms with Crippen LogP contribution in [0.5, 0.6) is 5.75 Å². The first-order chi connectivity index (χ1) is 21.7. The fraction of sp³-hybridized carbons (Fsp3) is 0.156. The van der Waals surface area contributed by atoms with E-state index >= 15 is 0 Å². The molecule has 1 heterocycles. The molecule has 232 valence electrons. The number of methoxy groups -OCH3 is 1. The van der Waals surface area contributed by atoms with E-state index in [4.69, 9.17) is 9.57 Å². The number of rotatable bonds is 13. The maximum Gasteiger partial charge on any atom is 0.263 e. The molecule has 0 saturated carbocycles. The minimum atomic E-state index is -4.18. The highest BCUT2D eigenvalue weighted by molar-refractivity contribution is 7.92. The zero-order valence-electron chi connectivity index (χ0n) is 24.6. The molecule has 0 bridgehead atoms. The number of hydroxylamine groups is 1. The van der Waals surface area contributed by atoms with Crippen molar-refractivity contribution in [2.24, 2.45) is 0 Å². The standard InChI is InChI=1S/C32H32N6O6S/c1-21-10-12-22(13-11-21)20-44-33-18-30(40)34-24-6-5-7-27(17-24)45(41,42)38-32-31(36-28-8-3-4-9-29(28)37-32)35-25-14-23(19-39)15-26(16-25)43-2/h3-17,33,39H,18-20H2,1-2H3,(H,34,40)(H,35,36)(H,37,38). The third-order valence-corrected chi connectivity index (χ3v) is 7.91. The second kappa shape index (κ2) is 14.1. The number of nitrogens with one attached hydrogen (secondary N) is 4. The summed E-state index contributed by atoms with van der Waals surface area (Å²) in [5.74, 6) is 0.155. The van der Waals surface area contributed by atoms with E-state index in [9.17, 15) is 18.3 Å². The summed E-state index contributed by atoms with van der Waals surface area (Å²) < 4.78 is 34.9. The summed E-state index contributed by atoms with van der Waals surface area (Å²) in [5, 5.41) is 15.4. The Morgan fingerprint density at radius 1 is 0.844 bits per heavy atom. The van der Waals surface area contributed by atoms with Crippen molar-refractivity contribution in [3.63, 3.8) is 0 Å². The predicted molar refractivity (Wildman–Crippen MR) is 172 cm³/mol. The molecule has 0 radical (unpaired) electrons. The van der Waals surface area contributed by atoms with Crippen LogP contribution in [0.2, 0.25) is 0 Å². The number of aliphatic hydroxyl groups is 1. The van der Waals surface area contributed by atoms with Crippen molar-refractivity contribution >= 4 is 50.0 Å². The van der Waals surface area contributed by atoms with Crippen molar-refractivity contribution in [3.8, 4) is 5.75 Å². The predicted octanol–water partition coefficient (Wildman–Crippen LogP) is 4.64. The molecule has 0 unspecified atom stereocenters. The Labute approximate surface area is 260 Å². The average molecular weight is 629 g/mol.